The molecule has 1 atom stereocenters. The zero-order valence-electron chi connectivity index (χ0n) is 7.70. The lowest BCUT2D eigenvalue weighted by molar-refractivity contribution is -0.120. The molecule has 0 amide bonds. The molecule has 1 aliphatic heterocycles. The van der Waals surface area contributed by atoms with Crippen LogP contribution in [0.15, 0.2) is 24.3 Å². The standard InChI is InChI=1S/C11H11FO2/c12-10-4-2-1-3-8(10)5-9-6-14-7-11(9)13/h1-4,9H,5-7H2. The number of hydrogen-bond donors (Lipinski definition) is 0. The molecule has 1 heterocycles. The first-order valence-corrected chi connectivity index (χ1v) is 4.61. The Morgan fingerprint density at radius 1 is 1.43 bits per heavy atom. The topological polar surface area (TPSA) is 26.3 Å². The van der Waals surface area contributed by atoms with Gasteiger partial charge in [-0.25, -0.2) is 4.39 Å². The number of rotatable bonds is 2. The lowest BCUT2D eigenvalue weighted by Gasteiger charge is -2.06. The van der Waals surface area contributed by atoms with E-state index in [1.807, 2.05) is 0 Å². The number of benzene rings is 1. The zero-order valence-corrected chi connectivity index (χ0v) is 7.70. The predicted octanol–water partition coefficient (Wildman–Crippen LogP) is 1.58. The number of halogens is 1. The van der Waals surface area contributed by atoms with Crippen molar-refractivity contribution in [1.82, 2.24) is 0 Å². The largest absolute Gasteiger partial charge is 0.373 e. The molecule has 0 radical (unpaired) electrons. The summed E-state index contributed by atoms with van der Waals surface area (Å²) in [5.74, 6) is -0.327. The summed E-state index contributed by atoms with van der Waals surface area (Å²) >= 11 is 0. The third-order valence-corrected chi connectivity index (χ3v) is 2.44. The summed E-state index contributed by atoms with van der Waals surface area (Å²) in [6, 6.07) is 6.54. The van der Waals surface area contributed by atoms with Crippen LogP contribution in [0.1, 0.15) is 5.56 Å². The highest BCUT2D eigenvalue weighted by atomic mass is 19.1. The van der Waals surface area contributed by atoms with Crippen LogP contribution in [-0.4, -0.2) is 19.0 Å². The van der Waals surface area contributed by atoms with Crippen LogP contribution in [0.2, 0.25) is 0 Å². The molecule has 0 bridgehead atoms. The van der Waals surface area contributed by atoms with Crippen LogP contribution in [0.4, 0.5) is 4.39 Å². The quantitative estimate of drug-likeness (QED) is 0.714. The van der Waals surface area contributed by atoms with Gasteiger partial charge in [0.25, 0.3) is 0 Å². The molecule has 0 aliphatic carbocycles. The second-order valence-corrected chi connectivity index (χ2v) is 3.47. The van der Waals surface area contributed by atoms with E-state index in [-0.39, 0.29) is 24.1 Å². The monoisotopic (exact) mass is 194 g/mol. The second-order valence-electron chi connectivity index (χ2n) is 3.47. The molecule has 1 unspecified atom stereocenters. The summed E-state index contributed by atoms with van der Waals surface area (Å²) in [5, 5.41) is 0. The number of ketones is 1. The van der Waals surface area contributed by atoms with Crippen LogP contribution in [0.25, 0.3) is 0 Å². The van der Waals surface area contributed by atoms with Gasteiger partial charge in [-0.15, -0.1) is 0 Å². The maximum atomic E-state index is 13.2. The molecule has 74 valence electrons. The Hall–Kier alpha value is -1.22. The van der Waals surface area contributed by atoms with E-state index in [4.69, 9.17) is 4.74 Å². The molecule has 0 aromatic heterocycles. The second kappa shape index (κ2) is 3.88. The highest BCUT2D eigenvalue weighted by Gasteiger charge is 2.26. The van der Waals surface area contributed by atoms with E-state index >= 15 is 0 Å². The molecule has 2 rings (SSSR count). The van der Waals surface area contributed by atoms with Crippen LogP contribution in [0.5, 0.6) is 0 Å². The minimum Gasteiger partial charge on any atom is -0.373 e. The van der Waals surface area contributed by atoms with Gasteiger partial charge in [0.05, 0.1) is 6.61 Å². The van der Waals surface area contributed by atoms with Crippen molar-refractivity contribution in [3.63, 3.8) is 0 Å². The normalized spacial score (nSPS) is 21.5. The minimum atomic E-state index is -0.243. The van der Waals surface area contributed by atoms with Gasteiger partial charge in [0.2, 0.25) is 0 Å². The molecule has 2 nitrogen and oxygen atoms in total. The van der Waals surface area contributed by atoms with Crippen molar-refractivity contribution in [1.29, 1.82) is 0 Å². The van der Waals surface area contributed by atoms with Crippen molar-refractivity contribution < 1.29 is 13.9 Å². The molecular weight excluding hydrogens is 183 g/mol. The molecular formula is C11H11FO2. The minimum absolute atomic E-state index is 0.0771. The van der Waals surface area contributed by atoms with Crippen molar-refractivity contribution in [2.45, 2.75) is 6.42 Å². The summed E-state index contributed by atoms with van der Waals surface area (Å²) in [4.78, 5) is 11.2. The molecule has 1 fully saturated rings. The Morgan fingerprint density at radius 2 is 2.21 bits per heavy atom. The van der Waals surface area contributed by atoms with Gasteiger partial charge in [-0.05, 0) is 18.1 Å². The molecule has 3 heteroatoms. The number of ether oxygens (including phenoxy) is 1. The van der Waals surface area contributed by atoms with E-state index in [2.05, 4.69) is 0 Å². The van der Waals surface area contributed by atoms with E-state index < -0.39 is 0 Å². The maximum Gasteiger partial charge on any atom is 0.164 e. The maximum absolute atomic E-state index is 13.2. The molecule has 0 N–H and O–H groups in total. The molecule has 1 saturated heterocycles. The van der Waals surface area contributed by atoms with Gasteiger partial charge >= 0.3 is 0 Å². The fraction of sp³-hybridized carbons (Fsp3) is 0.364. The van der Waals surface area contributed by atoms with Gasteiger partial charge in [0.15, 0.2) is 5.78 Å². The van der Waals surface area contributed by atoms with E-state index in [1.165, 1.54) is 6.07 Å². The molecule has 0 saturated carbocycles. The average Bonchev–Trinajstić information content (AvgIpc) is 2.56. The van der Waals surface area contributed by atoms with Crippen LogP contribution in [0, 0.1) is 11.7 Å². The lowest BCUT2D eigenvalue weighted by Crippen LogP contribution is -2.14. The van der Waals surface area contributed by atoms with E-state index in [0.717, 1.165) is 0 Å². The Morgan fingerprint density at radius 3 is 2.86 bits per heavy atom. The number of carbonyl (C=O) groups excluding carboxylic acids is 1. The first-order chi connectivity index (χ1) is 6.77. The molecule has 14 heavy (non-hydrogen) atoms. The fourth-order valence-electron chi connectivity index (χ4n) is 1.61. The van der Waals surface area contributed by atoms with E-state index in [9.17, 15) is 9.18 Å². The molecule has 1 aromatic carbocycles. The Kier molecular flexibility index (Phi) is 2.59. The van der Waals surface area contributed by atoms with Crippen molar-refractivity contribution in [2.24, 2.45) is 5.92 Å². The van der Waals surface area contributed by atoms with Gasteiger partial charge in [0, 0.05) is 5.92 Å². The molecule has 0 spiro atoms. The number of carbonyl (C=O) groups is 1. The number of hydrogen-bond acceptors (Lipinski definition) is 2. The summed E-state index contributed by atoms with van der Waals surface area (Å²) in [6.45, 7) is 0.603. The Labute approximate surface area is 81.7 Å². The predicted molar refractivity (Wildman–Crippen MR) is 49.4 cm³/mol. The average molecular weight is 194 g/mol. The van der Waals surface area contributed by atoms with Crippen molar-refractivity contribution >= 4 is 5.78 Å². The first kappa shape index (κ1) is 9.34. The van der Waals surface area contributed by atoms with Crippen molar-refractivity contribution in [3.05, 3.63) is 35.6 Å². The van der Waals surface area contributed by atoms with Crippen LogP contribution >= 0.6 is 0 Å². The summed E-state index contributed by atoms with van der Waals surface area (Å²) in [6.07, 6.45) is 0.450. The summed E-state index contributed by atoms with van der Waals surface area (Å²) in [5.41, 5.74) is 0.594. The van der Waals surface area contributed by atoms with Crippen molar-refractivity contribution in [3.8, 4) is 0 Å². The molecule has 1 aliphatic rings. The van der Waals surface area contributed by atoms with Gasteiger partial charge in [-0.3, -0.25) is 4.79 Å². The smallest absolute Gasteiger partial charge is 0.164 e. The summed E-state index contributed by atoms with van der Waals surface area (Å²) < 4.78 is 18.2. The van der Waals surface area contributed by atoms with E-state index in [1.54, 1.807) is 18.2 Å². The fourth-order valence-corrected chi connectivity index (χ4v) is 1.61. The van der Waals surface area contributed by atoms with Gasteiger partial charge < -0.3 is 4.74 Å². The van der Waals surface area contributed by atoms with Crippen molar-refractivity contribution in [2.75, 3.05) is 13.2 Å². The first-order valence-electron chi connectivity index (χ1n) is 4.61. The Bertz CT molecular complexity index is 349. The van der Waals surface area contributed by atoms with Crippen LogP contribution in [-0.2, 0) is 16.0 Å². The van der Waals surface area contributed by atoms with E-state index in [0.29, 0.717) is 18.6 Å². The summed E-state index contributed by atoms with van der Waals surface area (Å²) in [7, 11) is 0. The van der Waals surface area contributed by atoms with Crippen LogP contribution < -0.4 is 0 Å². The van der Waals surface area contributed by atoms with Crippen LogP contribution in [0.3, 0.4) is 0 Å². The highest BCUT2D eigenvalue weighted by molar-refractivity contribution is 5.84. The number of Topliss-reactive ketones (excluding diaryl/α,β-unsaturated/α-hetero) is 1. The van der Waals surface area contributed by atoms with Gasteiger partial charge in [-0.2, -0.15) is 0 Å². The lowest BCUT2D eigenvalue weighted by atomic mass is 9.97. The van der Waals surface area contributed by atoms with Gasteiger partial charge in [0.1, 0.15) is 12.4 Å². The Balaban J connectivity index is 2.10. The third kappa shape index (κ3) is 1.82. The van der Waals surface area contributed by atoms with Gasteiger partial charge in [-0.1, -0.05) is 18.2 Å². The highest BCUT2D eigenvalue weighted by Crippen LogP contribution is 2.17. The zero-order chi connectivity index (χ0) is 9.97. The SMILES string of the molecule is O=C1COCC1Cc1ccccc1F. The molecule has 1 aromatic rings. The third-order valence-electron chi connectivity index (χ3n) is 2.44.